The van der Waals surface area contributed by atoms with Crippen molar-refractivity contribution in [3.63, 3.8) is 0 Å². The third-order valence-electron chi connectivity index (χ3n) is 2.31. The largest absolute Gasteiger partial charge is 0.497 e. The average Bonchev–Trinajstić information content (AvgIpc) is 2.32. The molecule has 0 spiro atoms. The summed E-state index contributed by atoms with van der Waals surface area (Å²) in [6, 6.07) is 5.45. The summed E-state index contributed by atoms with van der Waals surface area (Å²) in [7, 11) is 1.59. The van der Waals surface area contributed by atoms with Crippen molar-refractivity contribution < 1.29 is 9.53 Å². The Morgan fingerprint density at radius 2 is 2.24 bits per heavy atom. The Morgan fingerprint density at radius 1 is 1.47 bits per heavy atom. The van der Waals surface area contributed by atoms with Crippen LogP contribution in [-0.2, 0) is 4.79 Å². The number of ether oxygens (including phenoxy) is 1. The van der Waals surface area contributed by atoms with E-state index in [2.05, 4.69) is 21.2 Å². The predicted octanol–water partition coefficient (Wildman–Crippen LogP) is 2.53. The molecule has 0 aromatic heterocycles. The van der Waals surface area contributed by atoms with Gasteiger partial charge in [0.25, 0.3) is 0 Å². The summed E-state index contributed by atoms with van der Waals surface area (Å²) in [4.78, 5) is 11.6. The molecule has 0 aliphatic heterocycles. The van der Waals surface area contributed by atoms with Crippen LogP contribution in [0.5, 0.6) is 5.75 Å². The highest BCUT2D eigenvalue weighted by atomic mass is 79.9. The van der Waals surface area contributed by atoms with Gasteiger partial charge in [-0.1, -0.05) is 0 Å². The molecule has 94 valence electrons. The fraction of sp³-hybridized carbons (Fsp3) is 0.417. The molecular weight excluding hydrogens is 284 g/mol. The number of rotatable bonds is 6. The van der Waals surface area contributed by atoms with Crippen LogP contribution in [0.25, 0.3) is 0 Å². The van der Waals surface area contributed by atoms with Gasteiger partial charge in [-0.3, -0.25) is 4.79 Å². The number of carbonyl (C=O) groups excluding carboxylic acids is 1. The first kappa shape index (κ1) is 14.0. The zero-order valence-electron chi connectivity index (χ0n) is 9.83. The van der Waals surface area contributed by atoms with Crippen LogP contribution < -0.4 is 15.8 Å². The van der Waals surface area contributed by atoms with Gasteiger partial charge in [0.15, 0.2) is 0 Å². The van der Waals surface area contributed by atoms with Crippen LogP contribution in [-0.4, -0.2) is 19.6 Å². The molecule has 17 heavy (non-hydrogen) atoms. The van der Waals surface area contributed by atoms with Crippen LogP contribution in [0.15, 0.2) is 22.7 Å². The predicted molar refractivity (Wildman–Crippen MR) is 72.2 cm³/mol. The number of carbonyl (C=O) groups is 1. The molecule has 5 heteroatoms. The summed E-state index contributed by atoms with van der Waals surface area (Å²) >= 11 is 3.38. The first-order valence-electron chi connectivity index (χ1n) is 5.51. The van der Waals surface area contributed by atoms with Crippen molar-refractivity contribution in [1.82, 2.24) is 0 Å². The van der Waals surface area contributed by atoms with Crippen molar-refractivity contribution in [2.45, 2.75) is 19.3 Å². The molecule has 1 rings (SSSR count). The molecule has 0 aliphatic carbocycles. The Hall–Kier alpha value is -1.07. The number of hydrogen-bond donors (Lipinski definition) is 2. The molecule has 3 N–H and O–H groups in total. The first-order valence-corrected chi connectivity index (χ1v) is 6.30. The number of nitrogens with one attached hydrogen (secondary N) is 1. The van der Waals surface area contributed by atoms with Gasteiger partial charge in [-0.05, 0) is 47.4 Å². The van der Waals surface area contributed by atoms with Gasteiger partial charge in [0.2, 0.25) is 5.91 Å². The fourth-order valence-corrected chi connectivity index (χ4v) is 1.72. The van der Waals surface area contributed by atoms with E-state index >= 15 is 0 Å². The Kier molecular flexibility index (Phi) is 6.00. The van der Waals surface area contributed by atoms with E-state index in [9.17, 15) is 4.79 Å². The summed E-state index contributed by atoms with van der Waals surface area (Å²) in [6.07, 6.45) is 2.16. The van der Waals surface area contributed by atoms with Crippen LogP contribution in [0.1, 0.15) is 19.3 Å². The zero-order valence-corrected chi connectivity index (χ0v) is 11.4. The van der Waals surface area contributed by atoms with Crippen LogP contribution in [0.2, 0.25) is 0 Å². The highest BCUT2D eigenvalue weighted by Crippen LogP contribution is 2.27. The Balaban J connectivity index is 2.57. The molecule has 0 saturated carbocycles. The van der Waals surface area contributed by atoms with Crippen molar-refractivity contribution in [3.05, 3.63) is 22.7 Å². The van der Waals surface area contributed by atoms with Crippen molar-refractivity contribution in [2.24, 2.45) is 5.73 Å². The van der Waals surface area contributed by atoms with E-state index in [1.54, 1.807) is 13.2 Å². The molecule has 0 fully saturated rings. The summed E-state index contributed by atoms with van der Waals surface area (Å²) in [6.45, 7) is 0.621. The monoisotopic (exact) mass is 300 g/mol. The van der Waals surface area contributed by atoms with Gasteiger partial charge in [-0.15, -0.1) is 0 Å². The number of methoxy groups -OCH3 is 1. The third kappa shape index (κ3) is 4.75. The van der Waals surface area contributed by atoms with Gasteiger partial charge in [0.05, 0.1) is 12.8 Å². The van der Waals surface area contributed by atoms with Gasteiger partial charge >= 0.3 is 0 Å². The number of nitrogens with two attached hydrogens (primary N) is 1. The van der Waals surface area contributed by atoms with E-state index < -0.39 is 0 Å². The minimum absolute atomic E-state index is 0.00703. The lowest BCUT2D eigenvalue weighted by atomic mass is 10.2. The van der Waals surface area contributed by atoms with E-state index in [1.807, 2.05) is 12.1 Å². The quantitative estimate of drug-likeness (QED) is 0.794. The maximum absolute atomic E-state index is 11.6. The highest BCUT2D eigenvalue weighted by Gasteiger charge is 2.06. The Morgan fingerprint density at radius 3 is 2.88 bits per heavy atom. The van der Waals surface area contributed by atoms with Gasteiger partial charge in [0, 0.05) is 17.0 Å². The van der Waals surface area contributed by atoms with Crippen molar-refractivity contribution in [1.29, 1.82) is 0 Å². The lowest BCUT2D eigenvalue weighted by Gasteiger charge is -2.09. The second kappa shape index (κ2) is 7.29. The number of benzene rings is 1. The number of unbranched alkanes of at least 4 members (excludes halogenated alkanes) is 1. The molecule has 0 bridgehead atoms. The molecule has 1 aromatic carbocycles. The van der Waals surface area contributed by atoms with E-state index in [0.717, 1.165) is 23.0 Å². The minimum Gasteiger partial charge on any atom is -0.497 e. The number of anilines is 1. The molecule has 0 heterocycles. The third-order valence-corrected chi connectivity index (χ3v) is 3.00. The second-order valence-electron chi connectivity index (χ2n) is 3.64. The van der Waals surface area contributed by atoms with E-state index in [0.29, 0.717) is 18.7 Å². The molecule has 4 nitrogen and oxygen atoms in total. The lowest BCUT2D eigenvalue weighted by molar-refractivity contribution is -0.116. The molecule has 1 aromatic rings. The second-order valence-corrected chi connectivity index (χ2v) is 4.49. The van der Waals surface area contributed by atoms with E-state index in [-0.39, 0.29) is 5.91 Å². The molecule has 0 aliphatic rings. The maximum atomic E-state index is 11.6. The zero-order chi connectivity index (χ0) is 12.7. The highest BCUT2D eigenvalue weighted by molar-refractivity contribution is 9.10. The minimum atomic E-state index is -0.00703. The molecule has 0 atom stereocenters. The SMILES string of the molecule is COc1ccc(Br)c(NC(=O)CCCCN)c1. The van der Waals surface area contributed by atoms with Crippen molar-refractivity contribution in [3.8, 4) is 5.75 Å². The Bertz CT molecular complexity index is 383. The molecule has 1 amide bonds. The maximum Gasteiger partial charge on any atom is 0.224 e. The average molecular weight is 301 g/mol. The van der Waals surface area contributed by atoms with E-state index in [4.69, 9.17) is 10.5 Å². The van der Waals surface area contributed by atoms with Gasteiger partial charge < -0.3 is 15.8 Å². The van der Waals surface area contributed by atoms with E-state index in [1.165, 1.54) is 0 Å². The van der Waals surface area contributed by atoms with Crippen molar-refractivity contribution >= 4 is 27.5 Å². The fourth-order valence-electron chi connectivity index (χ4n) is 1.37. The Labute approximate surface area is 110 Å². The lowest BCUT2D eigenvalue weighted by Crippen LogP contribution is -2.12. The van der Waals surface area contributed by atoms with Gasteiger partial charge in [0.1, 0.15) is 5.75 Å². The number of amides is 1. The summed E-state index contributed by atoms with van der Waals surface area (Å²) in [5.74, 6) is 0.706. The van der Waals surface area contributed by atoms with Crippen LogP contribution in [0.4, 0.5) is 5.69 Å². The van der Waals surface area contributed by atoms with Gasteiger partial charge in [-0.25, -0.2) is 0 Å². The number of halogens is 1. The normalized spacial score (nSPS) is 10.1. The van der Waals surface area contributed by atoms with Crippen molar-refractivity contribution in [2.75, 3.05) is 19.0 Å². The van der Waals surface area contributed by atoms with Crippen LogP contribution >= 0.6 is 15.9 Å². The summed E-state index contributed by atoms with van der Waals surface area (Å²) in [5.41, 5.74) is 6.10. The molecule has 0 radical (unpaired) electrons. The number of hydrogen-bond acceptors (Lipinski definition) is 3. The standard InChI is InChI=1S/C12H17BrN2O2/c1-17-9-5-6-10(13)11(8-9)15-12(16)4-2-3-7-14/h5-6,8H,2-4,7,14H2,1H3,(H,15,16). The first-order chi connectivity index (χ1) is 8.17. The summed E-state index contributed by atoms with van der Waals surface area (Å²) in [5, 5.41) is 2.84. The molecular formula is C12H17BrN2O2. The van der Waals surface area contributed by atoms with Crippen LogP contribution in [0.3, 0.4) is 0 Å². The smallest absolute Gasteiger partial charge is 0.224 e. The van der Waals surface area contributed by atoms with Gasteiger partial charge in [-0.2, -0.15) is 0 Å². The molecule has 0 unspecified atom stereocenters. The molecule has 0 saturated heterocycles. The van der Waals surface area contributed by atoms with Crippen LogP contribution in [0, 0.1) is 0 Å². The summed E-state index contributed by atoms with van der Waals surface area (Å²) < 4.78 is 5.94. The topological polar surface area (TPSA) is 64.3 Å².